The molecule has 4 heteroatoms. The van der Waals surface area contributed by atoms with Crippen molar-refractivity contribution in [1.29, 1.82) is 0 Å². The van der Waals surface area contributed by atoms with E-state index in [4.69, 9.17) is 4.74 Å². The van der Waals surface area contributed by atoms with Crippen molar-refractivity contribution >= 4 is 0 Å². The Morgan fingerprint density at radius 1 is 1.33 bits per heavy atom. The molecule has 0 amide bonds. The average Bonchev–Trinajstić information content (AvgIpc) is 2.88. The Bertz CT molecular complexity index is 416. The van der Waals surface area contributed by atoms with Crippen molar-refractivity contribution < 1.29 is 9.84 Å². The molecular formula is C14H20N2O2. The predicted octanol–water partition coefficient (Wildman–Crippen LogP) is 0.560. The van der Waals surface area contributed by atoms with Crippen LogP contribution in [0, 0.1) is 0 Å². The summed E-state index contributed by atoms with van der Waals surface area (Å²) in [5.41, 5.74) is 2.49. The molecule has 0 aromatic heterocycles. The van der Waals surface area contributed by atoms with E-state index in [0.717, 1.165) is 45.0 Å². The number of hydrogen-bond donors (Lipinski definition) is 2. The number of aliphatic hydroxyl groups is 1. The van der Waals surface area contributed by atoms with Gasteiger partial charge in [-0.1, -0.05) is 12.1 Å². The number of nitrogens with one attached hydrogen (secondary N) is 1. The zero-order valence-corrected chi connectivity index (χ0v) is 10.6. The van der Waals surface area contributed by atoms with E-state index in [0.29, 0.717) is 0 Å². The van der Waals surface area contributed by atoms with Gasteiger partial charge in [-0.05, 0) is 17.2 Å². The second kappa shape index (κ2) is 5.26. The Balaban J connectivity index is 1.82. The fourth-order valence-electron chi connectivity index (χ4n) is 2.84. The summed E-state index contributed by atoms with van der Waals surface area (Å²) in [5, 5.41) is 13.0. The minimum absolute atomic E-state index is 0.123. The molecule has 1 atom stereocenters. The Morgan fingerprint density at radius 3 is 2.94 bits per heavy atom. The molecule has 2 heterocycles. The van der Waals surface area contributed by atoms with Crippen LogP contribution in [0.5, 0.6) is 5.75 Å². The van der Waals surface area contributed by atoms with Gasteiger partial charge >= 0.3 is 0 Å². The monoisotopic (exact) mass is 248 g/mol. The molecule has 18 heavy (non-hydrogen) atoms. The molecule has 2 aliphatic rings. The third kappa shape index (κ3) is 2.23. The first kappa shape index (κ1) is 12.0. The molecule has 1 aromatic rings. The summed E-state index contributed by atoms with van der Waals surface area (Å²) in [7, 11) is 0. The van der Waals surface area contributed by atoms with Gasteiger partial charge in [-0.2, -0.15) is 0 Å². The topological polar surface area (TPSA) is 44.7 Å². The third-order valence-electron chi connectivity index (χ3n) is 3.86. The maximum Gasteiger partial charge on any atom is 0.122 e. The molecule has 0 aliphatic carbocycles. The molecule has 0 saturated carbocycles. The number of nitrogens with zero attached hydrogens (tertiary/aromatic N) is 1. The van der Waals surface area contributed by atoms with E-state index in [2.05, 4.69) is 22.3 Å². The molecule has 3 rings (SSSR count). The van der Waals surface area contributed by atoms with Crippen molar-refractivity contribution in [2.45, 2.75) is 12.5 Å². The summed E-state index contributed by atoms with van der Waals surface area (Å²) in [6.07, 6.45) is 0.989. The quantitative estimate of drug-likeness (QED) is 0.820. The molecule has 1 saturated heterocycles. The van der Waals surface area contributed by atoms with Crippen LogP contribution in [0.2, 0.25) is 0 Å². The van der Waals surface area contributed by atoms with Gasteiger partial charge in [-0.25, -0.2) is 0 Å². The molecule has 98 valence electrons. The van der Waals surface area contributed by atoms with Gasteiger partial charge in [-0.3, -0.25) is 4.90 Å². The zero-order chi connectivity index (χ0) is 12.4. The van der Waals surface area contributed by atoms with Gasteiger partial charge in [0.25, 0.3) is 0 Å². The molecule has 1 fully saturated rings. The standard InChI is InChI=1S/C14H20N2O2/c17-10-13(16-6-4-15-5-7-16)11-1-2-14-12(9-11)3-8-18-14/h1-2,9,13,15,17H,3-8,10H2/t13-/m0/s1. The second-order valence-corrected chi connectivity index (χ2v) is 4.95. The van der Waals surface area contributed by atoms with Crippen LogP contribution >= 0.6 is 0 Å². The molecular weight excluding hydrogens is 228 g/mol. The molecule has 2 aliphatic heterocycles. The smallest absolute Gasteiger partial charge is 0.122 e. The minimum Gasteiger partial charge on any atom is -0.493 e. The summed E-state index contributed by atoms with van der Waals surface area (Å²) in [5.74, 6) is 1.01. The fraction of sp³-hybridized carbons (Fsp3) is 0.571. The summed E-state index contributed by atoms with van der Waals surface area (Å²) in [6.45, 7) is 4.97. The summed E-state index contributed by atoms with van der Waals surface area (Å²) in [4.78, 5) is 2.36. The van der Waals surface area contributed by atoms with Gasteiger partial charge in [0.15, 0.2) is 0 Å². The Morgan fingerprint density at radius 2 is 2.17 bits per heavy atom. The SMILES string of the molecule is OC[C@@H](c1ccc2c(c1)CCO2)N1CCNCC1. The lowest BCUT2D eigenvalue weighted by atomic mass is 10.0. The number of rotatable bonds is 3. The maximum atomic E-state index is 9.69. The van der Waals surface area contributed by atoms with Crippen molar-refractivity contribution in [3.63, 3.8) is 0 Å². The molecule has 0 unspecified atom stereocenters. The first-order valence-corrected chi connectivity index (χ1v) is 6.70. The highest BCUT2D eigenvalue weighted by atomic mass is 16.5. The van der Waals surface area contributed by atoms with Crippen molar-refractivity contribution in [3.05, 3.63) is 29.3 Å². The van der Waals surface area contributed by atoms with E-state index in [1.807, 2.05) is 6.07 Å². The van der Waals surface area contributed by atoms with Crippen molar-refractivity contribution in [2.75, 3.05) is 39.4 Å². The number of benzene rings is 1. The molecule has 4 nitrogen and oxygen atoms in total. The Hall–Kier alpha value is -1.10. The normalized spacial score (nSPS) is 21.4. The van der Waals surface area contributed by atoms with Crippen molar-refractivity contribution in [2.24, 2.45) is 0 Å². The summed E-state index contributed by atoms with van der Waals surface area (Å²) >= 11 is 0. The van der Waals surface area contributed by atoms with Gasteiger partial charge in [0.05, 0.1) is 19.3 Å². The highest BCUT2D eigenvalue weighted by Crippen LogP contribution is 2.30. The molecule has 0 spiro atoms. The Kier molecular flexibility index (Phi) is 3.50. The third-order valence-corrected chi connectivity index (χ3v) is 3.86. The van der Waals surface area contributed by atoms with Crippen LogP contribution in [0.4, 0.5) is 0 Å². The van der Waals surface area contributed by atoms with Crippen LogP contribution in [0.3, 0.4) is 0 Å². The molecule has 0 radical (unpaired) electrons. The lowest BCUT2D eigenvalue weighted by molar-refractivity contribution is 0.111. The van der Waals surface area contributed by atoms with E-state index in [9.17, 15) is 5.11 Å². The zero-order valence-electron chi connectivity index (χ0n) is 10.6. The highest BCUT2D eigenvalue weighted by Gasteiger charge is 2.23. The largest absolute Gasteiger partial charge is 0.493 e. The number of piperazine rings is 1. The van der Waals surface area contributed by atoms with E-state index in [-0.39, 0.29) is 12.6 Å². The molecule has 2 N–H and O–H groups in total. The van der Waals surface area contributed by atoms with Gasteiger partial charge in [0.2, 0.25) is 0 Å². The van der Waals surface area contributed by atoms with Gasteiger partial charge in [-0.15, -0.1) is 0 Å². The van der Waals surface area contributed by atoms with Crippen LogP contribution in [-0.4, -0.2) is 49.4 Å². The number of ether oxygens (including phenoxy) is 1. The lowest BCUT2D eigenvalue weighted by Gasteiger charge is -2.34. The average molecular weight is 248 g/mol. The Labute approximate surface area is 108 Å². The highest BCUT2D eigenvalue weighted by molar-refractivity contribution is 5.40. The van der Waals surface area contributed by atoms with Crippen LogP contribution in [0.1, 0.15) is 17.2 Å². The number of fused-ring (bicyclic) bond motifs is 1. The van der Waals surface area contributed by atoms with E-state index in [1.165, 1.54) is 11.1 Å². The minimum atomic E-state index is 0.123. The predicted molar refractivity (Wildman–Crippen MR) is 69.9 cm³/mol. The second-order valence-electron chi connectivity index (χ2n) is 4.95. The molecule has 0 bridgehead atoms. The maximum absolute atomic E-state index is 9.69. The van der Waals surface area contributed by atoms with Crippen LogP contribution < -0.4 is 10.1 Å². The van der Waals surface area contributed by atoms with Gasteiger partial charge in [0.1, 0.15) is 5.75 Å². The first-order valence-electron chi connectivity index (χ1n) is 6.70. The van der Waals surface area contributed by atoms with Crippen molar-refractivity contribution in [3.8, 4) is 5.75 Å². The first-order chi connectivity index (χ1) is 8.88. The van der Waals surface area contributed by atoms with E-state index in [1.54, 1.807) is 0 Å². The van der Waals surface area contributed by atoms with Gasteiger partial charge in [0, 0.05) is 32.6 Å². The molecule has 1 aromatic carbocycles. The van der Waals surface area contributed by atoms with E-state index >= 15 is 0 Å². The van der Waals surface area contributed by atoms with E-state index < -0.39 is 0 Å². The van der Waals surface area contributed by atoms with Crippen LogP contribution in [-0.2, 0) is 6.42 Å². The van der Waals surface area contributed by atoms with Crippen LogP contribution in [0.25, 0.3) is 0 Å². The van der Waals surface area contributed by atoms with Crippen LogP contribution in [0.15, 0.2) is 18.2 Å². The van der Waals surface area contributed by atoms with Gasteiger partial charge < -0.3 is 15.2 Å². The lowest BCUT2D eigenvalue weighted by Crippen LogP contribution is -2.46. The summed E-state index contributed by atoms with van der Waals surface area (Å²) in [6, 6.07) is 6.46. The van der Waals surface area contributed by atoms with Crippen molar-refractivity contribution in [1.82, 2.24) is 10.2 Å². The number of aliphatic hydroxyl groups excluding tert-OH is 1. The number of hydrogen-bond acceptors (Lipinski definition) is 4. The summed E-state index contributed by atoms with van der Waals surface area (Å²) < 4.78 is 5.53. The fourth-order valence-corrected chi connectivity index (χ4v) is 2.84.